The molecule has 0 N–H and O–H groups in total. The van der Waals surface area contributed by atoms with Gasteiger partial charge in [-0.05, 0) is 41.8 Å². The molecule has 5 aromatic carbocycles. The second kappa shape index (κ2) is 12.3. The maximum absolute atomic E-state index is 14.8. The van der Waals surface area contributed by atoms with Crippen molar-refractivity contribution < 1.29 is 23.7 Å². The normalized spacial score (nSPS) is 19.8. The molecule has 0 unspecified atom stereocenters. The van der Waals surface area contributed by atoms with Gasteiger partial charge in [-0.2, -0.15) is 5.06 Å². The molecule has 0 aromatic heterocycles. The van der Waals surface area contributed by atoms with Crippen molar-refractivity contribution in [1.82, 2.24) is 10.1 Å². The van der Waals surface area contributed by atoms with Crippen LogP contribution in [-0.4, -0.2) is 28.5 Å². The molecule has 0 radical (unpaired) electrons. The molecule has 2 aliphatic rings. The summed E-state index contributed by atoms with van der Waals surface area (Å²) in [5, 5.41) is 2.87. The number of nitrogens with zero attached hydrogens (tertiary/aromatic N) is 3. The lowest BCUT2D eigenvalue weighted by Crippen LogP contribution is -2.66. The summed E-state index contributed by atoms with van der Waals surface area (Å²) in [7, 11) is 0. The molecule has 2 amide bonds. The molecular formula is C38H32FN3O4. The summed E-state index contributed by atoms with van der Waals surface area (Å²) in [6, 6.07) is 40.1. The van der Waals surface area contributed by atoms with Gasteiger partial charge in [0.2, 0.25) is 5.91 Å². The molecule has 1 fully saturated rings. The van der Waals surface area contributed by atoms with E-state index in [0.29, 0.717) is 28.9 Å². The molecule has 7 nitrogen and oxygen atoms in total. The Balaban J connectivity index is 1.46. The first-order valence-electron chi connectivity index (χ1n) is 15.2. The summed E-state index contributed by atoms with van der Waals surface area (Å²) in [5.74, 6) is -1.13. The molecule has 1 saturated heterocycles. The molecule has 8 heteroatoms. The zero-order valence-corrected chi connectivity index (χ0v) is 25.3. The topological polar surface area (TPSA) is 62.3 Å². The maximum Gasteiger partial charge on any atom is 0.284 e. The second-order valence-electron chi connectivity index (χ2n) is 11.5. The molecule has 2 aliphatic heterocycles. The lowest BCUT2D eigenvalue weighted by molar-refractivity contribution is -0.368. The Morgan fingerprint density at radius 2 is 1.48 bits per heavy atom. The number of hydroxylamine groups is 4. The standard InChI is InChI=1S/C38H32FN3O4/c1-27-11-10-16-30(23-27)36-37(44)42(45-26-29-14-6-3-7-15-29)38(31-19-21-32(39)22-20-31)33-17-8-9-18-34(33)40(35(43)25-41(38)46-36)24-28-12-4-2-5-13-28/h2-23,36H,24-26H2,1H3/t36-,38-/m0/s1. The van der Waals surface area contributed by atoms with Crippen LogP contribution in [0.4, 0.5) is 10.1 Å². The van der Waals surface area contributed by atoms with Crippen LogP contribution in [0.1, 0.15) is 39.5 Å². The van der Waals surface area contributed by atoms with Gasteiger partial charge in [0.25, 0.3) is 5.91 Å². The van der Waals surface area contributed by atoms with Gasteiger partial charge in [0, 0.05) is 11.1 Å². The zero-order valence-electron chi connectivity index (χ0n) is 25.3. The second-order valence-corrected chi connectivity index (χ2v) is 11.5. The van der Waals surface area contributed by atoms with Crippen LogP contribution in [0.15, 0.2) is 133 Å². The zero-order chi connectivity index (χ0) is 31.7. The largest absolute Gasteiger partial charge is 0.306 e. The molecule has 230 valence electrons. The maximum atomic E-state index is 14.8. The Hall–Kier alpha value is -5.15. The van der Waals surface area contributed by atoms with Gasteiger partial charge in [0.05, 0.1) is 12.2 Å². The molecule has 2 atom stereocenters. The first-order chi connectivity index (χ1) is 22.4. The number of anilines is 1. The minimum atomic E-state index is -1.60. The number of benzene rings is 5. The molecule has 7 rings (SSSR count). The summed E-state index contributed by atoms with van der Waals surface area (Å²) in [4.78, 5) is 44.0. The first-order valence-corrected chi connectivity index (χ1v) is 15.2. The number of carbonyl (C=O) groups excluding carboxylic acids is 2. The predicted octanol–water partition coefficient (Wildman–Crippen LogP) is 6.83. The van der Waals surface area contributed by atoms with Crippen LogP contribution in [0.5, 0.6) is 0 Å². The number of hydrogen-bond acceptors (Lipinski definition) is 5. The lowest BCUT2D eigenvalue weighted by Gasteiger charge is -2.53. The summed E-state index contributed by atoms with van der Waals surface area (Å²) in [6.07, 6.45) is -1.11. The van der Waals surface area contributed by atoms with Crippen LogP contribution < -0.4 is 4.90 Å². The van der Waals surface area contributed by atoms with Crippen LogP contribution >= 0.6 is 0 Å². The number of carbonyl (C=O) groups is 2. The number of para-hydroxylation sites is 1. The third-order valence-corrected chi connectivity index (χ3v) is 8.44. The molecule has 0 aliphatic carbocycles. The fourth-order valence-corrected chi connectivity index (χ4v) is 6.30. The van der Waals surface area contributed by atoms with E-state index < -0.39 is 23.5 Å². The number of hydrogen-bond donors (Lipinski definition) is 0. The van der Waals surface area contributed by atoms with Gasteiger partial charge in [-0.1, -0.05) is 121 Å². The highest BCUT2D eigenvalue weighted by atomic mass is 19.1. The van der Waals surface area contributed by atoms with Crippen LogP contribution in [0.25, 0.3) is 0 Å². The molecule has 5 aromatic rings. The lowest BCUT2D eigenvalue weighted by atomic mass is 9.87. The van der Waals surface area contributed by atoms with Crippen molar-refractivity contribution in [3.8, 4) is 0 Å². The van der Waals surface area contributed by atoms with E-state index in [4.69, 9.17) is 9.68 Å². The monoisotopic (exact) mass is 613 g/mol. The third-order valence-electron chi connectivity index (χ3n) is 8.44. The van der Waals surface area contributed by atoms with Gasteiger partial charge < -0.3 is 4.90 Å². The average molecular weight is 614 g/mol. The van der Waals surface area contributed by atoms with Gasteiger partial charge in [-0.15, -0.1) is 5.06 Å². The average Bonchev–Trinajstić information content (AvgIpc) is 3.18. The highest BCUT2D eigenvalue weighted by molar-refractivity contribution is 5.97. The van der Waals surface area contributed by atoms with Gasteiger partial charge in [-0.25, -0.2) is 4.39 Å². The molecular weight excluding hydrogens is 581 g/mol. The fraction of sp³-hybridized carbons (Fsp3) is 0.158. The van der Waals surface area contributed by atoms with Gasteiger partial charge in [0.1, 0.15) is 19.0 Å². The third kappa shape index (κ3) is 5.26. The van der Waals surface area contributed by atoms with Crippen molar-refractivity contribution in [2.75, 3.05) is 11.4 Å². The van der Waals surface area contributed by atoms with Crippen molar-refractivity contribution in [1.29, 1.82) is 0 Å². The van der Waals surface area contributed by atoms with Crippen molar-refractivity contribution in [2.45, 2.75) is 31.8 Å². The molecule has 0 spiro atoms. The Kier molecular flexibility index (Phi) is 7.92. The smallest absolute Gasteiger partial charge is 0.284 e. The Bertz CT molecular complexity index is 1870. The van der Waals surface area contributed by atoms with E-state index in [1.54, 1.807) is 17.0 Å². The number of fused-ring (bicyclic) bond motifs is 3. The number of amides is 2. The van der Waals surface area contributed by atoms with E-state index in [1.165, 1.54) is 22.3 Å². The molecule has 0 bridgehead atoms. The minimum Gasteiger partial charge on any atom is -0.306 e. The van der Waals surface area contributed by atoms with E-state index >= 15 is 0 Å². The summed E-state index contributed by atoms with van der Waals surface area (Å²) >= 11 is 0. The van der Waals surface area contributed by atoms with E-state index in [1.807, 2.05) is 116 Å². The number of halogens is 1. The fourth-order valence-electron chi connectivity index (χ4n) is 6.30. The minimum absolute atomic E-state index is 0.0632. The Morgan fingerprint density at radius 1 is 0.804 bits per heavy atom. The van der Waals surface area contributed by atoms with Crippen molar-refractivity contribution >= 4 is 17.5 Å². The summed E-state index contributed by atoms with van der Waals surface area (Å²) in [5.41, 5.74) is 3.42. The summed E-state index contributed by atoms with van der Waals surface area (Å²) in [6.45, 7) is 2.08. The van der Waals surface area contributed by atoms with Crippen molar-refractivity contribution in [3.63, 3.8) is 0 Å². The summed E-state index contributed by atoms with van der Waals surface area (Å²) < 4.78 is 14.5. The number of aryl methyl sites for hydroxylation is 1. The van der Waals surface area contributed by atoms with Gasteiger partial charge in [0.15, 0.2) is 11.8 Å². The molecule has 2 heterocycles. The van der Waals surface area contributed by atoms with Crippen LogP contribution in [0.3, 0.4) is 0 Å². The number of rotatable bonds is 7. The Labute approximate surface area is 266 Å². The first kappa shape index (κ1) is 29.6. The van der Waals surface area contributed by atoms with Crippen LogP contribution in [0.2, 0.25) is 0 Å². The predicted molar refractivity (Wildman–Crippen MR) is 171 cm³/mol. The van der Waals surface area contributed by atoms with Crippen molar-refractivity contribution in [2.24, 2.45) is 0 Å². The van der Waals surface area contributed by atoms with E-state index in [0.717, 1.165) is 16.7 Å². The quantitative estimate of drug-likeness (QED) is 0.201. The highest BCUT2D eigenvalue weighted by Gasteiger charge is 2.60. The Morgan fingerprint density at radius 3 is 2.20 bits per heavy atom. The van der Waals surface area contributed by atoms with E-state index in [-0.39, 0.29) is 19.1 Å². The highest BCUT2D eigenvalue weighted by Crippen LogP contribution is 2.51. The SMILES string of the molecule is Cc1cccc([C@@H]2ON3CC(=O)N(Cc4ccccc4)c4ccccc4[C@]3(c3ccc(F)cc3)N(OCc3ccccc3)C2=O)c1. The van der Waals surface area contributed by atoms with Crippen LogP contribution in [0, 0.1) is 12.7 Å². The van der Waals surface area contributed by atoms with Gasteiger partial charge in [-0.3, -0.25) is 19.3 Å². The molecule has 0 saturated carbocycles. The van der Waals surface area contributed by atoms with E-state index in [2.05, 4.69) is 0 Å². The molecule has 46 heavy (non-hydrogen) atoms. The van der Waals surface area contributed by atoms with Crippen molar-refractivity contribution in [3.05, 3.63) is 173 Å². The van der Waals surface area contributed by atoms with E-state index in [9.17, 15) is 14.0 Å². The van der Waals surface area contributed by atoms with Crippen LogP contribution in [-0.2, 0) is 38.1 Å². The van der Waals surface area contributed by atoms with Gasteiger partial charge >= 0.3 is 0 Å².